The summed E-state index contributed by atoms with van der Waals surface area (Å²) in [5.74, 6) is -0.0848. The van der Waals surface area contributed by atoms with Gasteiger partial charge in [-0.05, 0) is 36.4 Å². The van der Waals surface area contributed by atoms with E-state index in [2.05, 4.69) is 29.4 Å². The summed E-state index contributed by atoms with van der Waals surface area (Å²) in [7, 11) is 2.09. The highest BCUT2D eigenvalue weighted by Gasteiger charge is 2.28. The molecule has 2 aromatic carbocycles. The molecule has 2 aromatic rings. The van der Waals surface area contributed by atoms with Crippen LogP contribution in [0.15, 0.2) is 60.7 Å². The molecule has 0 spiro atoms. The average molecular weight is 363 g/mol. The topological polar surface area (TPSA) is 52.7 Å². The SMILES string of the molecule is CC(=O)Nc1ccc(/C=C/C(=O)N2CCN(C)CC2c2ccccc2)cc1. The van der Waals surface area contributed by atoms with E-state index < -0.39 is 0 Å². The van der Waals surface area contributed by atoms with Crippen LogP contribution in [0, 0.1) is 0 Å². The molecule has 27 heavy (non-hydrogen) atoms. The minimum absolute atomic E-state index is 0.0166. The Balaban J connectivity index is 1.71. The number of hydrogen-bond donors (Lipinski definition) is 1. The predicted molar refractivity (Wildman–Crippen MR) is 108 cm³/mol. The lowest BCUT2D eigenvalue weighted by Crippen LogP contribution is -2.48. The van der Waals surface area contributed by atoms with Gasteiger partial charge in [0.1, 0.15) is 0 Å². The summed E-state index contributed by atoms with van der Waals surface area (Å²) in [6, 6.07) is 17.7. The molecule has 1 atom stereocenters. The zero-order valence-corrected chi connectivity index (χ0v) is 15.8. The number of rotatable bonds is 4. The number of nitrogens with zero attached hydrogens (tertiary/aromatic N) is 2. The van der Waals surface area contributed by atoms with Crippen LogP contribution in [-0.2, 0) is 9.59 Å². The molecule has 3 rings (SSSR count). The highest BCUT2D eigenvalue weighted by Crippen LogP contribution is 2.25. The molecule has 0 radical (unpaired) electrons. The van der Waals surface area contributed by atoms with Gasteiger partial charge in [0.25, 0.3) is 0 Å². The number of benzene rings is 2. The first-order valence-electron chi connectivity index (χ1n) is 9.13. The van der Waals surface area contributed by atoms with Gasteiger partial charge in [-0.2, -0.15) is 0 Å². The van der Waals surface area contributed by atoms with Crippen molar-refractivity contribution in [1.29, 1.82) is 0 Å². The van der Waals surface area contributed by atoms with Gasteiger partial charge in [0.05, 0.1) is 6.04 Å². The predicted octanol–water partition coefficient (Wildman–Crippen LogP) is 3.17. The lowest BCUT2D eigenvalue weighted by atomic mass is 10.0. The van der Waals surface area contributed by atoms with Crippen molar-refractivity contribution >= 4 is 23.6 Å². The second-order valence-corrected chi connectivity index (χ2v) is 6.86. The van der Waals surface area contributed by atoms with E-state index in [0.717, 1.165) is 29.9 Å². The van der Waals surface area contributed by atoms with Crippen molar-refractivity contribution in [2.45, 2.75) is 13.0 Å². The van der Waals surface area contributed by atoms with E-state index in [1.165, 1.54) is 6.92 Å². The highest BCUT2D eigenvalue weighted by molar-refractivity contribution is 5.92. The van der Waals surface area contributed by atoms with Crippen molar-refractivity contribution in [3.63, 3.8) is 0 Å². The summed E-state index contributed by atoms with van der Waals surface area (Å²) < 4.78 is 0. The van der Waals surface area contributed by atoms with Crippen molar-refractivity contribution in [3.05, 3.63) is 71.8 Å². The molecule has 5 nitrogen and oxygen atoms in total. The fourth-order valence-electron chi connectivity index (χ4n) is 3.29. The van der Waals surface area contributed by atoms with Gasteiger partial charge in [-0.1, -0.05) is 42.5 Å². The second-order valence-electron chi connectivity index (χ2n) is 6.86. The van der Waals surface area contributed by atoms with Gasteiger partial charge in [-0.25, -0.2) is 0 Å². The minimum atomic E-state index is -0.101. The third-order valence-corrected chi connectivity index (χ3v) is 4.70. The first-order valence-corrected chi connectivity index (χ1v) is 9.13. The van der Waals surface area contributed by atoms with Gasteiger partial charge >= 0.3 is 0 Å². The lowest BCUT2D eigenvalue weighted by Gasteiger charge is -2.39. The van der Waals surface area contributed by atoms with Crippen LogP contribution in [0.5, 0.6) is 0 Å². The average Bonchev–Trinajstić information content (AvgIpc) is 2.67. The first kappa shape index (κ1) is 18.9. The molecule has 0 aromatic heterocycles. The molecule has 1 aliphatic heterocycles. The minimum Gasteiger partial charge on any atom is -0.330 e. The van der Waals surface area contributed by atoms with Gasteiger partial charge in [0, 0.05) is 38.3 Å². The summed E-state index contributed by atoms with van der Waals surface area (Å²) in [5, 5.41) is 2.73. The van der Waals surface area contributed by atoms with Crippen LogP contribution in [0.2, 0.25) is 0 Å². The molecule has 0 bridgehead atoms. The Bertz CT molecular complexity index is 815. The van der Waals surface area contributed by atoms with E-state index in [-0.39, 0.29) is 17.9 Å². The molecule has 5 heteroatoms. The first-order chi connectivity index (χ1) is 13.0. The number of amides is 2. The van der Waals surface area contributed by atoms with Crippen LogP contribution in [-0.4, -0.2) is 48.3 Å². The van der Waals surface area contributed by atoms with Crippen LogP contribution in [0.1, 0.15) is 24.1 Å². The molecule has 2 amide bonds. The van der Waals surface area contributed by atoms with E-state index in [9.17, 15) is 9.59 Å². The van der Waals surface area contributed by atoms with Gasteiger partial charge < -0.3 is 15.1 Å². The maximum absolute atomic E-state index is 12.8. The van der Waals surface area contributed by atoms with Crippen molar-refractivity contribution in [2.24, 2.45) is 0 Å². The Hall–Kier alpha value is -2.92. The van der Waals surface area contributed by atoms with Crippen LogP contribution in [0.25, 0.3) is 6.08 Å². The van der Waals surface area contributed by atoms with E-state index in [0.29, 0.717) is 6.54 Å². The van der Waals surface area contributed by atoms with Crippen molar-refractivity contribution in [3.8, 4) is 0 Å². The molecule has 1 N–H and O–H groups in total. The van der Waals surface area contributed by atoms with E-state index in [4.69, 9.17) is 0 Å². The van der Waals surface area contributed by atoms with Crippen LogP contribution in [0.3, 0.4) is 0 Å². The normalized spacial score (nSPS) is 17.9. The fraction of sp³-hybridized carbons (Fsp3) is 0.273. The number of hydrogen-bond acceptors (Lipinski definition) is 3. The third-order valence-electron chi connectivity index (χ3n) is 4.70. The largest absolute Gasteiger partial charge is 0.330 e. The van der Waals surface area contributed by atoms with Crippen molar-refractivity contribution in [2.75, 3.05) is 32.0 Å². The van der Waals surface area contributed by atoms with Gasteiger partial charge in [-0.3, -0.25) is 9.59 Å². The molecule has 1 fully saturated rings. The summed E-state index contributed by atoms with van der Waals surface area (Å²) in [5.41, 5.74) is 2.82. The molecule has 1 unspecified atom stereocenters. The van der Waals surface area contributed by atoms with Crippen LogP contribution >= 0.6 is 0 Å². The maximum atomic E-state index is 12.8. The van der Waals surface area contributed by atoms with Crippen LogP contribution < -0.4 is 5.32 Å². The summed E-state index contributed by atoms with van der Waals surface area (Å²) >= 11 is 0. The van der Waals surface area contributed by atoms with Crippen molar-refractivity contribution < 1.29 is 9.59 Å². The Labute approximate surface area is 160 Å². The van der Waals surface area contributed by atoms with E-state index in [1.54, 1.807) is 6.08 Å². The zero-order chi connectivity index (χ0) is 19.2. The van der Waals surface area contributed by atoms with Gasteiger partial charge in [0.2, 0.25) is 11.8 Å². The van der Waals surface area contributed by atoms with Crippen molar-refractivity contribution in [1.82, 2.24) is 9.80 Å². The molecule has 1 saturated heterocycles. The highest BCUT2D eigenvalue weighted by atomic mass is 16.2. The standard InChI is InChI=1S/C22H25N3O2/c1-17(26)23-20-11-8-18(9-12-20)10-13-22(27)25-15-14-24(2)16-21(25)19-6-4-3-5-7-19/h3-13,21H,14-16H2,1-2H3,(H,23,26)/b13-10+. The number of piperazine rings is 1. The quantitative estimate of drug-likeness (QED) is 0.849. The monoisotopic (exact) mass is 363 g/mol. The van der Waals surface area contributed by atoms with Gasteiger partial charge in [-0.15, -0.1) is 0 Å². The summed E-state index contributed by atoms with van der Waals surface area (Å²) in [6.07, 6.45) is 3.45. The molecule has 0 saturated carbocycles. The summed E-state index contributed by atoms with van der Waals surface area (Å²) in [6.45, 7) is 3.88. The number of carbonyl (C=O) groups excluding carboxylic acids is 2. The zero-order valence-electron chi connectivity index (χ0n) is 15.8. The number of anilines is 1. The smallest absolute Gasteiger partial charge is 0.247 e. The van der Waals surface area contributed by atoms with Gasteiger partial charge in [0.15, 0.2) is 0 Å². The molecule has 1 aliphatic rings. The second kappa shape index (κ2) is 8.64. The number of likely N-dealkylation sites (N-methyl/N-ethyl adjacent to an activating group) is 1. The Morgan fingerprint density at radius 1 is 1.04 bits per heavy atom. The van der Waals surface area contributed by atoms with Crippen LogP contribution in [0.4, 0.5) is 5.69 Å². The summed E-state index contributed by atoms with van der Waals surface area (Å²) in [4.78, 5) is 28.1. The molecular weight excluding hydrogens is 338 g/mol. The number of nitrogens with one attached hydrogen (secondary N) is 1. The van der Waals surface area contributed by atoms with E-state index >= 15 is 0 Å². The Morgan fingerprint density at radius 2 is 1.74 bits per heavy atom. The maximum Gasteiger partial charge on any atom is 0.247 e. The molecule has 140 valence electrons. The molecular formula is C22H25N3O2. The lowest BCUT2D eigenvalue weighted by molar-refractivity contribution is -0.130. The third kappa shape index (κ3) is 5.05. The Morgan fingerprint density at radius 3 is 2.41 bits per heavy atom. The van der Waals surface area contributed by atoms with E-state index in [1.807, 2.05) is 53.4 Å². The fourth-order valence-corrected chi connectivity index (χ4v) is 3.29. The molecule has 1 heterocycles. The molecule has 0 aliphatic carbocycles. The number of carbonyl (C=O) groups is 2. The Kier molecular flexibility index (Phi) is 6.04.